The summed E-state index contributed by atoms with van der Waals surface area (Å²) in [5, 5.41) is 4.44. The maximum Gasteiger partial charge on any atom is 0.413 e. The fraction of sp³-hybridized carbons (Fsp3) is 0.0769. The lowest BCUT2D eigenvalue weighted by molar-refractivity contribution is 0.0998. The zero-order valence-electron chi connectivity index (χ0n) is 9.96. The molecule has 0 bridgehead atoms. The molecule has 1 heterocycles. The van der Waals surface area contributed by atoms with Crippen molar-refractivity contribution in [2.24, 2.45) is 5.73 Å². The van der Waals surface area contributed by atoms with Gasteiger partial charge in [-0.3, -0.25) is 4.79 Å². The maximum atomic E-state index is 11.6. The van der Waals surface area contributed by atoms with E-state index in [1.807, 2.05) is 30.3 Å². The van der Waals surface area contributed by atoms with Crippen LogP contribution in [0, 0.1) is 0 Å². The number of hydrogen-bond acceptors (Lipinski definition) is 4. The van der Waals surface area contributed by atoms with Crippen LogP contribution in [0.5, 0.6) is 5.06 Å². The summed E-state index contributed by atoms with van der Waals surface area (Å²) in [7, 11) is 0. The van der Waals surface area contributed by atoms with Gasteiger partial charge in [0.05, 0.1) is 5.56 Å². The molecule has 0 aliphatic carbocycles. The minimum atomic E-state index is -0.618. The van der Waals surface area contributed by atoms with Gasteiger partial charge in [0, 0.05) is 6.54 Å². The van der Waals surface area contributed by atoms with Crippen LogP contribution in [0.1, 0.15) is 15.9 Å². The first-order valence-electron chi connectivity index (χ1n) is 5.53. The minimum absolute atomic E-state index is 0.207. The lowest BCUT2D eigenvalue weighted by atomic mass is 10.2. The molecule has 2 amide bonds. The van der Waals surface area contributed by atoms with E-state index < -0.39 is 12.0 Å². The van der Waals surface area contributed by atoms with E-state index in [1.165, 1.54) is 6.07 Å². The van der Waals surface area contributed by atoms with Crippen molar-refractivity contribution in [3.63, 3.8) is 0 Å². The molecular weight excluding hydrogens is 264 g/mol. The molecule has 3 N–H and O–H groups in total. The van der Waals surface area contributed by atoms with Crippen molar-refractivity contribution < 1.29 is 14.3 Å². The number of amides is 2. The molecular formula is C13H12N2O3S. The molecule has 0 unspecified atom stereocenters. The molecule has 0 saturated heterocycles. The van der Waals surface area contributed by atoms with E-state index in [0.29, 0.717) is 6.54 Å². The Labute approximate surface area is 114 Å². The highest BCUT2D eigenvalue weighted by atomic mass is 32.1. The van der Waals surface area contributed by atoms with Crippen molar-refractivity contribution in [2.45, 2.75) is 6.54 Å². The third-order valence-corrected chi connectivity index (χ3v) is 3.15. The maximum absolute atomic E-state index is 11.6. The molecule has 0 spiro atoms. The van der Waals surface area contributed by atoms with Crippen LogP contribution in [0.3, 0.4) is 0 Å². The topological polar surface area (TPSA) is 81.4 Å². The third kappa shape index (κ3) is 3.56. The van der Waals surface area contributed by atoms with Crippen LogP contribution < -0.4 is 15.8 Å². The van der Waals surface area contributed by atoms with Gasteiger partial charge >= 0.3 is 6.09 Å². The summed E-state index contributed by atoms with van der Waals surface area (Å²) in [6.45, 7) is 0.358. The SMILES string of the molecule is NC(=O)c1ccsc1OC(=O)NCc1ccccc1. The van der Waals surface area contributed by atoms with Crippen molar-refractivity contribution >= 4 is 23.3 Å². The van der Waals surface area contributed by atoms with Gasteiger partial charge in [-0.1, -0.05) is 30.3 Å². The van der Waals surface area contributed by atoms with Crippen LogP contribution in [0.15, 0.2) is 41.8 Å². The van der Waals surface area contributed by atoms with Gasteiger partial charge in [-0.05, 0) is 17.0 Å². The second-order valence-electron chi connectivity index (χ2n) is 3.71. The zero-order chi connectivity index (χ0) is 13.7. The Kier molecular flexibility index (Phi) is 4.15. The normalized spacial score (nSPS) is 9.89. The smallest absolute Gasteiger partial charge is 0.398 e. The molecule has 2 aromatic rings. The second kappa shape index (κ2) is 6.01. The summed E-state index contributed by atoms with van der Waals surface area (Å²) >= 11 is 1.14. The number of nitrogens with two attached hydrogens (primary N) is 1. The summed E-state index contributed by atoms with van der Waals surface area (Å²) in [5.41, 5.74) is 6.32. The van der Waals surface area contributed by atoms with Crippen molar-refractivity contribution in [3.05, 3.63) is 52.9 Å². The van der Waals surface area contributed by atoms with E-state index in [2.05, 4.69) is 5.32 Å². The average Bonchev–Trinajstić information content (AvgIpc) is 2.86. The monoisotopic (exact) mass is 276 g/mol. The van der Waals surface area contributed by atoms with Crippen molar-refractivity contribution in [1.29, 1.82) is 0 Å². The van der Waals surface area contributed by atoms with Crippen LogP contribution in [-0.2, 0) is 6.54 Å². The van der Waals surface area contributed by atoms with Gasteiger partial charge in [0.25, 0.3) is 5.91 Å². The lowest BCUT2D eigenvalue weighted by Crippen LogP contribution is -2.26. The number of carbonyl (C=O) groups is 2. The van der Waals surface area contributed by atoms with Crippen LogP contribution in [-0.4, -0.2) is 12.0 Å². The molecule has 1 aromatic carbocycles. The number of ether oxygens (including phenoxy) is 1. The van der Waals surface area contributed by atoms with Gasteiger partial charge in [-0.25, -0.2) is 4.79 Å². The molecule has 0 fully saturated rings. The molecule has 19 heavy (non-hydrogen) atoms. The number of rotatable bonds is 4. The first-order valence-corrected chi connectivity index (χ1v) is 6.41. The van der Waals surface area contributed by atoms with Crippen LogP contribution >= 0.6 is 11.3 Å². The van der Waals surface area contributed by atoms with Crippen molar-refractivity contribution in [3.8, 4) is 5.06 Å². The van der Waals surface area contributed by atoms with Crippen LogP contribution in [0.25, 0.3) is 0 Å². The number of carbonyl (C=O) groups excluding carboxylic acids is 2. The van der Waals surface area contributed by atoms with Crippen LogP contribution in [0.4, 0.5) is 4.79 Å². The van der Waals surface area contributed by atoms with E-state index in [9.17, 15) is 9.59 Å². The molecule has 1 aromatic heterocycles. The Morgan fingerprint density at radius 2 is 1.95 bits per heavy atom. The highest BCUT2D eigenvalue weighted by molar-refractivity contribution is 7.12. The molecule has 5 nitrogen and oxygen atoms in total. The second-order valence-corrected chi connectivity index (χ2v) is 4.59. The standard InChI is InChI=1S/C13H12N2O3S/c14-11(16)10-6-7-19-12(10)18-13(17)15-8-9-4-2-1-3-5-9/h1-7H,8H2,(H2,14,16)(H,15,17). The Morgan fingerprint density at radius 3 is 2.63 bits per heavy atom. The van der Waals surface area contributed by atoms with Gasteiger partial charge in [0.15, 0.2) is 5.06 Å². The van der Waals surface area contributed by atoms with E-state index in [4.69, 9.17) is 10.5 Å². The number of nitrogens with one attached hydrogen (secondary N) is 1. The first-order chi connectivity index (χ1) is 9.16. The van der Waals surface area contributed by atoms with Crippen molar-refractivity contribution in [2.75, 3.05) is 0 Å². The molecule has 2 rings (SSSR count). The minimum Gasteiger partial charge on any atom is -0.398 e. The number of thiophene rings is 1. The fourth-order valence-electron chi connectivity index (χ4n) is 1.45. The summed E-state index contributed by atoms with van der Waals surface area (Å²) < 4.78 is 5.04. The number of benzene rings is 1. The Balaban J connectivity index is 1.91. The van der Waals surface area contributed by atoms with Crippen LogP contribution in [0.2, 0.25) is 0 Å². The Morgan fingerprint density at radius 1 is 1.21 bits per heavy atom. The summed E-state index contributed by atoms with van der Waals surface area (Å²) in [5.74, 6) is -0.618. The molecule has 0 aliphatic heterocycles. The van der Waals surface area contributed by atoms with Gasteiger partial charge in [-0.15, -0.1) is 11.3 Å². The summed E-state index contributed by atoms with van der Waals surface area (Å²) in [4.78, 5) is 22.6. The Bertz CT molecular complexity index is 581. The van der Waals surface area contributed by atoms with E-state index in [-0.39, 0.29) is 10.6 Å². The van der Waals surface area contributed by atoms with E-state index in [1.54, 1.807) is 5.38 Å². The van der Waals surface area contributed by atoms with E-state index >= 15 is 0 Å². The van der Waals surface area contributed by atoms with Gasteiger partial charge in [-0.2, -0.15) is 0 Å². The van der Waals surface area contributed by atoms with Gasteiger partial charge < -0.3 is 15.8 Å². The largest absolute Gasteiger partial charge is 0.413 e. The quantitative estimate of drug-likeness (QED) is 0.897. The zero-order valence-corrected chi connectivity index (χ0v) is 10.8. The van der Waals surface area contributed by atoms with E-state index in [0.717, 1.165) is 16.9 Å². The predicted molar refractivity (Wildman–Crippen MR) is 72.1 cm³/mol. The first kappa shape index (κ1) is 13.1. The van der Waals surface area contributed by atoms with Gasteiger partial charge in [0.1, 0.15) is 0 Å². The highest BCUT2D eigenvalue weighted by Crippen LogP contribution is 2.25. The summed E-state index contributed by atoms with van der Waals surface area (Å²) in [6.07, 6.45) is -0.617. The number of hydrogen-bond donors (Lipinski definition) is 2. The summed E-state index contributed by atoms with van der Waals surface area (Å²) in [6, 6.07) is 11.0. The molecule has 0 atom stereocenters. The van der Waals surface area contributed by atoms with Crippen molar-refractivity contribution in [1.82, 2.24) is 5.32 Å². The number of primary amides is 1. The molecule has 0 aliphatic rings. The molecule has 0 saturated carbocycles. The molecule has 0 radical (unpaired) electrons. The Hall–Kier alpha value is -2.34. The highest BCUT2D eigenvalue weighted by Gasteiger charge is 2.14. The predicted octanol–water partition coefficient (Wildman–Crippen LogP) is 2.14. The fourth-order valence-corrected chi connectivity index (χ4v) is 2.19. The molecule has 6 heteroatoms. The third-order valence-electron chi connectivity index (χ3n) is 2.36. The molecule has 98 valence electrons. The van der Waals surface area contributed by atoms with Gasteiger partial charge in [0.2, 0.25) is 0 Å². The lowest BCUT2D eigenvalue weighted by Gasteiger charge is -2.06. The average molecular weight is 276 g/mol.